The van der Waals surface area contributed by atoms with E-state index in [-0.39, 0.29) is 0 Å². The van der Waals surface area contributed by atoms with Crippen LogP contribution in [0.3, 0.4) is 0 Å². The number of rotatable bonds is 1. The van der Waals surface area contributed by atoms with E-state index in [0.29, 0.717) is 10.7 Å². The minimum atomic E-state index is 0.469. The van der Waals surface area contributed by atoms with Gasteiger partial charge in [0.05, 0.1) is 11.6 Å². The molecule has 1 aromatic heterocycles. The topological polar surface area (TPSA) is 36.7 Å². The van der Waals surface area contributed by atoms with Crippen molar-refractivity contribution in [1.29, 1.82) is 5.26 Å². The fourth-order valence-electron chi connectivity index (χ4n) is 1.32. The Morgan fingerprint density at radius 2 is 1.80 bits per heavy atom. The Kier molecular flexibility index (Phi) is 2.66. The molecule has 0 atom stereocenters. The molecule has 0 aliphatic carbocycles. The predicted octanol–water partition coefficient (Wildman–Crippen LogP) is 3.27. The third-order valence-corrected chi connectivity index (χ3v) is 2.28. The van der Waals surface area contributed by atoms with Crippen molar-refractivity contribution < 1.29 is 0 Å². The molecule has 0 saturated carbocycles. The first-order chi connectivity index (χ1) is 7.29. The summed E-state index contributed by atoms with van der Waals surface area (Å²) in [6.07, 6.45) is 1.66. The summed E-state index contributed by atoms with van der Waals surface area (Å²) in [6.45, 7) is 0. The van der Waals surface area contributed by atoms with Gasteiger partial charge >= 0.3 is 0 Å². The summed E-state index contributed by atoms with van der Waals surface area (Å²) >= 11 is 5.79. The molecule has 0 aliphatic heterocycles. The van der Waals surface area contributed by atoms with Gasteiger partial charge in [0, 0.05) is 6.20 Å². The van der Waals surface area contributed by atoms with Crippen LogP contribution in [0.1, 0.15) is 5.56 Å². The molecule has 0 radical (unpaired) electrons. The van der Waals surface area contributed by atoms with Gasteiger partial charge in [-0.05, 0) is 35.4 Å². The highest BCUT2D eigenvalue weighted by Gasteiger charge is 1.98. The number of nitrogens with zero attached hydrogens (tertiary/aromatic N) is 2. The third kappa shape index (κ3) is 2.15. The number of hydrogen-bond donors (Lipinski definition) is 0. The summed E-state index contributed by atoms with van der Waals surface area (Å²) in [5.41, 5.74) is 2.68. The smallest absolute Gasteiger partial charge is 0.129 e. The van der Waals surface area contributed by atoms with Crippen LogP contribution in [-0.4, -0.2) is 4.98 Å². The van der Waals surface area contributed by atoms with Crippen molar-refractivity contribution in [3.8, 4) is 17.2 Å². The molecule has 0 unspecified atom stereocenters. The van der Waals surface area contributed by atoms with Crippen molar-refractivity contribution >= 4 is 11.6 Å². The molecular weight excluding hydrogens is 208 g/mol. The molecule has 0 aliphatic rings. The second kappa shape index (κ2) is 4.12. The summed E-state index contributed by atoms with van der Waals surface area (Å²) in [5, 5.41) is 9.13. The van der Waals surface area contributed by atoms with Gasteiger partial charge in [0.1, 0.15) is 5.15 Å². The van der Waals surface area contributed by atoms with E-state index in [1.54, 1.807) is 24.4 Å². The molecule has 0 saturated heterocycles. The minimum Gasteiger partial charge on any atom is -0.245 e. The summed E-state index contributed by atoms with van der Waals surface area (Å²) in [4.78, 5) is 3.91. The zero-order chi connectivity index (χ0) is 10.7. The van der Waals surface area contributed by atoms with E-state index in [0.717, 1.165) is 11.1 Å². The minimum absolute atomic E-state index is 0.469. The standard InChI is InChI=1S/C12H7ClN2/c13-12-7-11(5-6-15-12)10-3-1-9(8-14)2-4-10/h1-7H. The summed E-state index contributed by atoms with van der Waals surface area (Å²) in [7, 11) is 0. The van der Waals surface area contributed by atoms with Crippen LogP contribution in [0.5, 0.6) is 0 Å². The zero-order valence-electron chi connectivity index (χ0n) is 7.81. The van der Waals surface area contributed by atoms with Crippen molar-refractivity contribution in [2.24, 2.45) is 0 Å². The van der Waals surface area contributed by atoms with E-state index >= 15 is 0 Å². The van der Waals surface area contributed by atoms with E-state index in [4.69, 9.17) is 16.9 Å². The molecular formula is C12H7ClN2. The average Bonchev–Trinajstić information content (AvgIpc) is 2.29. The Hall–Kier alpha value is -1.85. The lowest BCUT2D eigenvalue weighted by atomic mass is 10.1. The Bertz CT molecular complexity index is 512. The Morgan fingerprint density at radius 1 is 1.07 bits per heavy atom. The maximum absolute atomic E-state index is 8.66. The van der Waals surface area contributed by atoms with Crippen LogP contribution in [0.15, 0.2) is 42.6 Å². The van der Waals surface area contributed by atoms with Gasteiger partial charge in [0.25, 0.3) is 0 Å². The lowest BCUT2D eigenvalue weighted by Gasteiger charge is -2.01. The van der Waals surface area contributed by atoms with E-state index in [1.165, 1.54) is 0 Å². The second-order valence-electron chi connectivity index (χ2n) is 3.06. The largest absolute Gasteiger partial charge is 0.245 e. The van der Waals surface area contributed by atoms with E-state index < -0.39 is 0 Å². The molecule has 0 N–H and O–H groups in total. The van der Waals surface area contributed by atoms with Gasteiger partial charge < -0.3 is 0 Å². The van der Waals surface area contributed by atoms with Crippen LogP contribution in [0.25, 0.3) is 11.1 Å². The molecule has 72 valence electrons. The normalized spacial score (nSPS) is 9.60. The van der Waals surface area contributed by atoms with Crippen LogP contribution in [0, 0.1) is 11.3 Å². The summed E-state index contributed by atoms with van der Waals surface area (Å²) in [5.74, 6) is 0. The molecule has 0 bridgehead atoms. The first-order valence-electron chi connectivity index (χ1n) is 4.42. The Morgan fingerprint density at radius 3 is 2.40 bits per heavy atom. The van der Waals surface area contributed by atoms with E-state index in [2.05, 4.69) is 11.1 Å². The highest BCUT2D eigenvalue weighted by Crippen LogP contribution is 2.21. The first kappa shape index (κ1) is 9.70. The lowest BCUT2D eigenvalue weighted by Crippen LogP contribution is -1.80. The third-order valence-electron chi connectivity index (χ3n) is 2.07. The fraction of sp³-hybridized carbons (Fsp3) is 0. The number of nitriles is 1. The highest BCUT2D eigenvalue weighted by atomic mass is 35.5. The summed E-state index contributed by atoms with van der Waals surface area (Å²) < 4.78 is 0. The molecule has 0 fully saturated rings. The lowest BCUT2D eigenvalue weighted by molar-refractivity contribution is 1.33. The van der Waals surface area contributed by atoms with Crippen molar-refractivity contribution in [3.05, 3.63) is 53.3 Å². The molecule has 3 heteroatoms. The quantitative estimate of drug-likeness (QED) is 0.683. The molecule has 2 nitrogen and oxygen atoms in total. The van der Waals surface area contributed by atoms with E-state index in [9.17, 15) is 0 Å². The van der Waals surface area contributed by atoms with Crippen molar-refractivity contribution in [2.45, 2.75) is 0 Å². The van der Waals surface area contributed by atoms with Crippen LogP contribution in [0.4, 0.5) is 0 Å². The van der Waals surface area contributed by atoms with Gasteiger partial charge in [0.15, 0.2) is 0 Å². The number of halogens is 1. The Balaban J connectivity index is 2.42. The first-order valence-corrected chi connectivity index (χ1v) is 4.79. The molecule has 0 spiro atoms. The number of hydrogen-bond acceptors (Lipinski definition) is 2. The van der Waals surface area contributed by atoms with Gasteiger partial charge in [-0.3, -0.25) is 0 Å². The molecule has 2 rings (SSSR count). The maximum atomic E-state index is 8.66. The highest BCUT2D eigenvalue weighted by molar-refractivity contribution is 6.29. The van der Waals surface area contributed by atoms with E-state index in [1.807, 2.05) is 18.2 Å². The van der Waals surface area contributed by atoms with Crippen LogP contribution >= 0.6 is 11.6 Å². The zero-order valence-corrected chi connectivity index (χ0v) is 8.57. The van der Waals surface area contributed by atoms with Crippen LogP contribution in [0.2, 0.25) is 5.15 Å². The monoisotopic (exact) mass is 214 g/mol. The van der Waals surface area contributed by atoms with Crippen molar-refractivity contribution in [2.75, 3.05) is 0 Å². The Labute approximate surface area is 92.8 Å². The second-order valence-corrected chi connectivity index (χ2v) is 3.44. The fourth-order valence-corrected chi connectivity index (χ4v) is 1.49. The van der Waals surface area contributed by atoms with Gasteiger partial charge in [-0.2, -0.15) is 5.26 Å². The van der Waals surface area contributed by atoms with Crippen LogP contribution < -0.4 is 0 Å². The van der Waals surface area contributed by atoms with Gasteiger partial charge in [-0.15, -0.1) is 0 Å². The molecule has 0 amide bonds. The van der Waals surface area contributed by atoms with Gasteiger partial charge in [0.2, 0.25) is 0 Å². The number of pyridine rings is 1. The van der Waals surface area contributed by atoms with Gasteiger partial charge in [-0.1, -0.05) is 23.7 Å². The molecule has 15 heavy (non-hydrogen) atoms. The SMILES string of the molecule is N#Cc1ccc(-c2ccnc(Cl)c2)cc1. The molecule has 1 heterocycles. The maximum Gasteiger partial charge on any atom is 0.129 e. The van der Waals surface area contributed by atoms with Crippen molar-refractivity contribution in [1.82, 2.24) is 4.98 Å². The number of benzene rings is 1. The summed E-state index contributed by atoms with van der Waals surface area (Å²) in [6, 6.07) is 13.1. The predicted molar refractivity (Wildman–Crippen MR) is 59.4 cm³/mol. The van der Waals surface area contributed by atoms with Crippen molar-refractivity contribution in [3.63, 3.8) is 0 Å². The molecule has 1 aromatic carbocycles. The average molecular weight is 215 g/mol. The number of aromatic nitrogens is 1. The van der Waals surface area contributed by atoms with Gasteiger partial charge in [-0.25, -0.2) is 4.98 Å². The molecule has 2 aromatic rings. The van der Waals surface area contributed by atoms with Crippen LogP contribution in [-0.2, 0) is 0 Å².